The first-order valence-electron chi connectivity index (χ1n) is 5.29. The molecule has 4 nitrogen and oxygen atoms in total. The van der Waals surface area contributed by atoms with Gasteiger partial charge in [0.15, 0.2) is 15.8 Å². The van der Waals surface area contributed by atoms with Gasteiger partial charge in [0.2, 0.25) is 5.89 Å². The largest absolute Gasteiger partial charge is 0.440 e. The number of aryl methyl sites for hydroxylation is 1. The molecular weight excluding hydrogens is 270 g/mol. The molecule has 1 aromatic heterocycles. The fourth-order valence-electron chi connectivity index (χ4n) is 1.66. The zero-order valence-electron chi connectivity index (χ0n) is 9.58. The van der Waals surface area contributed by atoms with Crippen LogP contribution in [0.1, 0.15) is 23.8 Å². The van der Waals surface area contributed by atoms with Crippen LogP contribution in [0.25, 0.3) is 11.1 Å². The Balaban J connectivity index is 2.44. The van der Waals surface area contributed by atoms with E-state index in [0.717, 1.165) is 5.56 Å². The summed E-state index contributed by atoms with van der Waals surface area (Å²) in [5.41, 5.74) is 2.29. The van der Waals surface area contributed by atoms with E-state index >= 15 is 0 Å². The summed E-state index contributed by atoms with van der Waals surface area (Å²) in [6.45, 7) is 1.94. The fraction of sp³-hybridized carbons (Fsp3) is 0.250. The minimum Gasteiger partial charge on any atom is -0.440 e. The van der Waals surface area contributed by atoms with Crippen molar-refractivity contribution in [3.8, 4) is 0 Å². The predicted octanol–water partition coefficient (Wildman–Crippen LogP) is 2.52. The van der Waals surface area contributed by atoms with E-state index in [2.05, 4.69) is 30.2 Å². The molecule has 2 rings (SSSR count). The SMILES string of the molecule is Cc1ccc2oc(C(CC(=O)S)C(=O)S)nc2c1. The fourth-order valence-corrected chi connectivity index (χ4v) is 2.04. The van der Waals surface area contributed by atoms with Crippen LogP contribution >= 0.6 is 25.3 Å². The van der Waals surface area contributed by atoms with Crippen molar-refractivity contribution in [1.82, 2.24) is 4.98 Å². The van der Waals surface area contributed by atoms with Crippen molar-refractivity contribution >= 4 is 46.6 Å². The summed E-state index contributed by atoms with van der Waals surface area (Å²) in [5.74, 6) is -0.580. The molecule has 0 saturated heterocycles. The second kappa shape index (κ2) is 5.16. The molecule has 0 bridgehead atoms. The van der Waals surface area contributed by atoms with Crippen molar-refractivity contribution < 1.29 is 14.0 Å². The molecule has 1 heterocycles. The Kier molecular flexibility index (Phi) is 3.77. The highest BCUT2D eigenvalue weighted by molar-refractivity contribution is 7.97. The maximum atomic E-state index is 11.4. The highest BCUT2D eigenvalue weighted by Gasteiger charge is 2.25. The van der Waals surface area contributed by atoms with Crippen molar-refractivity contribution in [3.05, 3.63) is 29.7 Å². The van der Waals surface area contributed by atoms with Gasteiger partial charge >= 0.3 is 0 Å². The minimum absolute atomic E-state index is 0.0722. The first kappa shape index (κ1) is 13.2. The molecule has 18 heavy (non-hydrogen) atoms. The van der Waals surface area contributed by atoms with Crippen molar-refractivity contribution in [2.45, 2.75) is 19.3 Å². The maximum Gasteiger partial charge on any atom is 0.207 e. The molecule has 1 atom stereocenters. The smallest absolute Gasteiger partial charge is 0.207 e. The van der Waals surface area contributed by atoms with E-state index < -0.39 is 16.1 Å². The van der Waals surface area contributed by atoms with Crippen molar-refractivity contribution in [2.75, 3.05) is 0 Å². The van der Waals surface area contributed by atoms with E-state index in [0.29, 0.717) is 11.1 Å². The first-order chi connectivity index (χ1) is 8.47. The number of hydrogen-bond donors (Lipinski definition) is 2. The molecule has 0 N–H and O–H groups in total. The van der Waals surface area contributed by atoms with E-state index in [1.165, 1.54) is 0 Å². The number of carbonyl (C=O) groups is 2. The predicted molar refractivity (Wildman–Crippen MR) is 74.1 cm³/mol. The summed E-state index contributed by atoms with van der Waals surface area (Å²) < 4.78 is 5.48. The molecule has 1 unspecified atom stereocenters. The van der Waals surface area contributed by atoms with E-state index in [4.69, 9.17) is 4.42 Å². The molecule has 6 heteroatoms. The topological polar surface area (TPSA) is 60.2 Å². The van der Waals surface area contributed by atoms with Crippen LogP contribution in [0, 0.1) is 6.92 Å². The molecule has 0 radical (unpaired) electrons. The van der Waals surface area contributed by atoms with E-state index in [1.807, 2.05) is 19.1 Å². The Labute approximate surface area is 115 Å². The van der Waals surface area contributed by atoms with E-state index in [-0.39, 0.29) is 12.3 Å². The van der Waals surface area contributed by atoms with Gasteiger partial charge < -0.3 is 4.42 Å². The number of fused-ring (bicyclic) bond motifs is 1. The Morgan fingerprint density at radius 1 is 1.39 bits per heavy atom. The molecule has 0 aliphatic heterocycles. The Morgan fingerprint density at radius 3 is 2.72 bits per heavy atom. The number of aromatic nitrogens is 1. The third-order valence-electron chi connectivity index (χ3n) is 2.53. The van der Waals surface area contributed by atoms with Crippen LogP contribution in [0.4, 0.5) is 0 Å². The summed E-state index contributed by atoms with van der Waals surface area (Å²) in [6.07, 6.45) is -0.0722. The number of nitrogens with zero attached hydrogens (tertiary/aromatic N) is 1. The Bertz CT molecular complexity index is 621. The van der Waals surface area contributed by atoms with Crippen molar-refractivity contribution in [1.29, 1.82) is 0 Å². The third kappa shape index (κ3) is 2.76. The molecule has 0 fully saturated rings. The molecule has 94 valence electrons. The summed E-state index contributed by atoms with van der Waals surface area (Å²) in [6, 6.07) is 5.52. The number of thiol groups is 2. The second-order valence-electron chi connectivity index (χ2n) is 4.01. The molecule has 2 aromatic rings. The zero-order valence-corrected chi connectivity index (χ0v) is 11.4. The summed E-state index contributed by atoms with van der Waals surface area (Å²) >= 11 is 7.42. The maximum absolute atomic E-state index is 11.4. The zero-order chi connectivity index (χ0) is 13.3. The van der Waals surface area contributed by atoms with Crippen molar-refractivity contribution in [3.63, 3.8) is 0 Å². The highest BCUT2D eigenvalue weighted by atomic mass is 32.1. The molecule has 0 saturated carbocycles. The molecule has 0 aliphatic rings. The summed E-state index contributed by atoms with van der Waals surface area (Å²) in [7, 11) is 0. The van der Waals surface area contributed by atoms with Crippen LogP contribution in [0.3, 0.4) is 0 Å². The number of oxazole rings is 1. The molecular formula is C12H11NO3S2. The standard InChI is InChI=1S/C12H11NO3S2/c1-6-2-3-9-8(4-6)13-11(16-9)7(12(15)18)5-10(14)17/h2-4,7H,5H2,1H3,(H,14,17)(H,15,18). The van der Waals surface area contributed by atoms with Crippen LogP contribution in [0.5, 0.6) is 0 Å². The van der Waals surface area contributed by atoms with Gasteiger partial charge in [-0.1, -0.05) is 6.07 Å². The highest BCUT2D eigenvalue weighted by Crippen LogP contribution is 2.27. The average molecular weight is 281 g/mol. The van der Waals surface area contributed by atoms with Gasteiger partial charge in [-0.2, -0.15) is 0 Å². The quantitative estimate of drug-likeness (QED) is 0.845. The van der Waals surface area contributed by atoms with Gasteiger partial charge in [0.25, 0.3) is 0 Å². The molecule has 0 amide bonds. The lowest BCUT2D eigenvalue weighted by Crippen LogP contribution is -2.10. The average Bonchev–Trinajstić information content (AvgIpc) is 2.67. The van der Waals surface area contributed by atoms with Crippen LogP contribution < -0.4 is 0 Å². The first-order valence-corrected chi connectivity index (χ1v) is 6.18. The third-order valence-corrected chi connectivity index (χ3v) is 3.03. The Hall–Kier alpha value is -1.27. The van der Waals surface area contributed by atoms with Gasteiger partial charge in [-0.3, -0.25) is 9.59 Å². The van der Waals surface area contributed by atoms with Crippen LogP contribution in [0.15, 0.2) is 22.6 Å². The second-order valence-corrected chi connectivity index (χ2v) is 4.95. The molecule has 0 spiro atoms. The van der Waals surface area contributed by atoms with Gasteiger partial charge in [0.1, 0.15) is 11.4 Å². The van der Waals surface area contributed by atoms with Gasteiger partial charge in [-0.05, 0) is 24.6 Å². The number of rotatable bonds is 4. The normalized spacial score (nSPS) is 12.6. The van der Waals surface area contributed by atoms with Crippen LogP contribution in [-0.2, 0) is 9.59 Å². The summed E-state index contributed by atoms with van der Waals surface area (Å²) in [5, 5.41) is -0.860. The minimum atomic E-state index is -0.786. The van der Waals surface area contributed by atoms with E-state index in [9.17, 15) is 9.59 Å². The number of hydrogen-bond acceptors (Lipinski definition) is 4. The van der Waals surface area contributed by atoms with Gasteiger partial charge in [0, 0.05) is 6.42 Å². The van der Waals surface area contributed by atoms with Gasteiger partial charge in [-0.15, -0.1) is 25.3 Å². The summed E-state index contributed by atoms with van der Waals surface area (Å²) in [4.78, 5) is 26.6. The lowest BCUT2D eigenvalue weighted by Gasteiger charge is -2.05. The van der Waals surface area contributed by atoms with Crippen molar-refractivity contribution in [2.24, 2.45) is 0 Å². The Morgan fingerprint density at radius 2 is 2.11 bits per heavy atom. The van der Waals surface area contributed by atoms with Gasteiger partial charge in [0.05, 0.1) is 0 Å². The molecule has 1 aromatic carbocycles. The monoisotopic (exact) mass is 281 g/mol. The van der Waals surface area contributed by atoms with Crippen LogP contribution in [0.2, 0.25) is 0 Å². The van der Waals surface area contributed by atoms with Crippen LogP contribution in [-0.4, -0.2) is 15.2 Å². The number of benzene rings is 1. The lowest BCUT2D eigenvalue weighted by molar-refractivity contribution is -0.117. The lowest BCUT2D eigenvalue weighted by atomic mass is 10.1. The van der Waals surface area contributed by atoms with Gasteiger partial charge in [-0.25, -0.2) is 4.98 Å². The van der Waals surface area contributed by atoms with E-state index in [1.54, 1.807) is 6.07 Å². The number of carbonyl (C=O) groups excluding carboxylic acids is 2. The molecule has 0 aliphatic carbocycles.